The number of fused-ring (bicyclic) bond motifs is 1. The van der Waals surface area contributed by atoms with Gasteiger partial charge in [-0.05, 0) is 31.5 Å². The van der Waals surface area contributed by atoms with Crippen LogP contribution in [0.25, 0.3) is 0 Å². The number of sulfonamides is 1. The van der Waals surface area contributed by atoms with E-state index >= 15 is 0 Å². The Morgan fingerprint density at radius 1 is 1.13 bits per heavy atom. The highest BCUT2D eigenvalue weighted by molar-refractivity contribution is 7.89. The fourth-order valence-electron chi connectivity index (χ4n) is 3.44. The summed E-state index contributed by atoms with van der Waals surface area (Å²) in [6.45, 7) is 0.596. The molecule has 11 heteroatoms. The van der Waals surface area contributed by atoms with E-state index in [4.69, 9.17) is 4.74 Å². The van der Waals surface area contributed by atoms with Crippen LogP contribution in [0.15, 0.2) is 47.4 Å². The van der Waals surface area contributed by atoms with Crippen LogP contribution < -0.4 is 14.4 Å². The van der Waals surface area contributed by atoms with Crippen LogP contribution in [0.4, 0.5) is 33.3 Å². The van der Waals surface area contributed by atoms with E-state index in [-0.39, 0.29) is 18.7 Å². The zero-order valence-electron chi connectivity index (χ0n) is 16.7. The number of ether oxygens (including phenoxy) is 1. The Hall–Kier alpha value is -2.40. The Morgan fingerprint density at radius 2 is 1.77 bits per heavy atom. The molecule has 1 aliphatic heterocycles. The number of benzene rings is 2. The Balaban J connectivity index is 2.20. The zero-order valence-corrected chi connectivity index (χ0v) is 17.5. The molecule has 2 aromatic carbocycles. The van der Waals surface area contributed by atoms with E-state index in [9.17, 15) is 30.4 Å². The van der Waals surface area contributed by atoms with Gasteiger partial charge in [-0.1, -0.05) is 18.2 Å². The first-order valence-corrected chi connectivity index (χ1v) is 10.8. The first-order valence-electron chi connectivity index (χ1n) is 9.34. The Morgan fingerprint density at radius 3 is 2.32 bits per heavy atom. The predicted octanol–water partition coefficient (Wildman–Crippen LogP) is 4.95. The van der Waals surface area contributed by atoms with E-state index in [0.29, 0.717) is 5.69 Å². The quantitative estimate of drug-likeness (QED) is 0.637. The van der Waals surface area contributed by atoms with Crippen LogP contribution in [0.3, 0.4) is 0 Å². The molecule has 3 rings (SSSR count). The molecule has 1 N–H and O–H groups in total. The molecule has 0 saturated carbocycles. The number of halogens is 5. The highest BCUT2D eigenvalue weighted by Crippen LogP contribution is 2.44. The predicted molar refractivity (Wildman–Crippen MR) is 105 cm³/mol. The van der Waals surface area contributed by atoms with Gasteiger partial charge in [0, 0.05) is 30.8 Å². The summed E-state index contributed by atoms with van der Waals surface area (Å²) in [6, 6.07) is 8.77. The Bertz CT molecular complexity index is 1040. The molecule has 0 aromatic heterocycles. The van der Waals surface area contributed by atoms with Gasteiger partial charge < -0.3 is 9.64 Å². The lowest BCUT2D eigenvalue weighted by Crippen LogP contribution is -2.40. The maximum Gasteiger partial charge on any atom is 0.420 e. The smallest absolute Gasteiger partial charge is 0.420 e. The van der Waals surface area contributed by atoms with Gasteiger partial charge in [0.1, 0.15) is 10.6 Å². The third-order valence-corrected chi connectivity index (χ3v) is 6.44. The van der Waals surface area contributed by atoms with Gasteiger partial charge in [0.2, 0.25) is 15.9 Å². The summed E-state index contributed by atoms with van der Waals surface area (Å²) in [6.07, 6.45) is -5.59. The first kappa shape index (κ1) is 23.3. The standard InChI is InChI=1S/C20H21F5N2O3S/c1-19(21,22)9-8-13-12-27(14-6-4-3-5-7-14)16-10-15(20(23,24)25)17(30-2)11-18(16)31(28,29)26-13/h3-7,10-11,13,26H,8-9,12H2,1-2H3/t13-/m1/s1. The number of anilines is 2. The molecule has 5 nitrogen and oxygen atoms in total. The summed E-state index contributed by atoms with van der Waals surface area (Å²) >= 11 is 0. The molecular weight excluding hydrogens is 443 g/mol. The highest BCUT2D eigenvalue weighted by atomic mass is 32.2. The molecule has 0 amide bonds. The normalized spacial score (nSPS) is 18.9. The van der Waals surface area contributed by atoms with E-state index in [0.717, 1.165) is 26.2 Å². The number of nitrogens with zero attached hydrogens (tertiary/aromatic N) is 1. The molecule has 1 aliphatic rings. The SMILES string of the molecule is COc1cc2c(cc1C(F)(F)F)N(c1ccccc1)C[C@@H](CCC(C)(F)F)NS2(=O)=O. The third-order valence-electron chi connectivity index (χ3n) is 4.89. The van der Waals surface area contributed by atoms with Crippen LogP contribution >= 0.6 is 0 Å². The summed E-state index contributed by atoms with van der Waals surface area (Å²) < 4.78 is 101. The molecule has 170 valence electrons. The summed E-state index contributed by atoms with van der Waals surface area (Å²) in [5.41, 5.74) is -0.921. The van der Waals surface area contributed by atoms with E-state index in [1.54, 1.807) is 30.3 Å². The number of para-hydroxylation sites is 1. The van der Waals surface area contributed by atoms with Crippen LogP contribution in [0, 0.1) is 0 Å². The summed E-state index contributed by atoms with van der Waals surface area (Å²) in [7, 11) is -3.31. The lowest BCUT2D eigenvalue weighted by Gasteiger charge is -2.28. The number of hydrogen-bond donors (Lipinski definition) is 1. The summed E-state index contributed by atoms with van der Waals surface area (Å²) in [4.78, 5) is 0.965. The minimum absolute atomic E-state index is 0.129. The largest absolute Gasteiger partial charge is 0.496 e. The fraction of sp³-hybridized carbons (Fsp3) is 0.400. The van der Waals surface area contributed by atoms with Crippen molar-refractivity contribution in [3.8, 4) is 5.75 Å². The number of hydrogen-bond acceptors (Lipinski definition) is 4. The molecule has 0 radical (unpaired) electrons. The van der Waals surface area contributed by atoms with E-state index < -0.39 is 50.8 Å². The van der Waals surface area contributed by atoms with Crippen LogP contribution in [0.2, 0.25) is 0 Å². The van der Waals surface area contributed by atoms with Crippen molar-refractivity contribution in [3.63, 3.8) is 0 Å². The van der Waals surface area contributed by atoms with Gasteiger partial charge in [0.25, 0.3) is 0 Å². The molecule has 2 aromatic rings. The molecule has 0 spiro atoms. The van der Waals surface area contributed by atoms with Crippen molar-refractivity contribution in [2.75, 3.05) is 18.6 Å². The summed E-state index contributed by atoms with van der Waals surface area (Å²) in [5, 5.41) is 0. The number of alkyl halides is 5. The number of nitrogens with one attached hydrogen (secondary N) is 1. The average molecular weight is 464 g/mol. The summed E-state index contributed by atoms with van der Waals surface area (Å²) in [5.74, 6) is -3.67. The lowest BCUT2D eigenvalue weighted by molar-refractivity contribution is -0.138. The van der Waals surface area contributed by atoms with Gasteiger partial charge in [0.15, 0.2) is 0 Å². The van der Waals surface area contributed by atoms with Crippen LogP contribution in [0.5, 0.6) is 5.75 Å². The van der Waals surface area contributed by atoms with Gasteiger partial charge >= 0.3 is 6.18 Å². The molecule has 1 heterocycles. The van der Waals surface area contributed by atoms with Crippen molar-refractivity contribution in [1.29, 1.82) is 0 Å². The molecule has 0 saturated heterocycles. The minimum atomic E-state index is -4.80. The first-order chi connectivity index (χ1) is 14.3. The molecule has 0 fully saturated rings. The molecule has 31 heavy (non-hydrogen) atoms. The second-order valence-corrected chi connectivity index (χ2v) is 9.07. The van der Waals surface area contributed by atoms with Crippen LogP contribution in [0.1, 0.15) is 25.3 Å². The molecule has 0 unspecified atom stereocenters. The third kappa shape index (κ3) is 5.27. The molecule has 0 aliphatic carbocycles. The van der Waals surface area contributed by atoms with Gasteiger partial charge in [-0.25, -0.2) is 21.9 Å². The Kier molecular flexibility index (Phi) is 6.21. The van der Waals surface area contributed by atoms with E-state index in [1.165, 1.54) is 4.90 Å². The molecular formula is C20H21F5N2O3S. The van der Waals surface area contributed by atoms with Crippen molar-refractivity contribution >= 4 is 21.4 Å². The minimum Gasteiger partial charge on any atom is -0.496 e. The van der Waals surface area contributed by atoms with Crippen molar-refractivity contribution < 1.29 is 35.1 Å². The second-order valence-electron chi connectivity index (χ2n) is 7.39. The maximum atomic E-state index is 13.6. The lowest BCUT2D eigenvalue weighted by atomic mass is 10.1. The van der Waals surface area contributed by atoms with E-state index in [1.807, 2.05) is 0 Å². The maximum absolute atomic E-state index is 13.6. The number of methoxy groups -OCH3 is 1. The zero-order chi connectivity index (χ0) is 23.0. The van der Waals surface area contributed by atoms with Gasteiger partial charge in [0.05, 0.1) is 18.4 Å². The van der Waals surface area contributed by atoms with Gasteiger partial charge in [-0.15, -0.1) is 0 Å². The molecule has 0 bridgehead atoms. The Labute approximate surface area is 176 Å². The average Bonchev–Trinajstić information content (AvgIpc) is 2.78. The topological polar surface area (TPSA) is 58.6 Å². The van der Waals surface area contributed by atoms with Crippen molar-refractivity contribution in [1.82, 2.24) is 4.72 Å². The highest BCUT2D eigenvalue weighted by Gasteiger charge is 2.40. The molecule has 1 atom stereocenters. The van der Waals surface area contributed by atoms with Crippen LogP contribution in [-0.2, 0) is 16.2 Å². The van der Waals surface area contributed by atoms with Crippen molar-refractivity contribution in [2.24, 2.45) is 0 Å². The van der Waals surface area contributed by atoms with Gasteiger partial charge in [-0.3, -0.25) is 0 Å². The van der Waals surface area contributed by atoms with Crippen molar-refractivity contribution in [3.05, 3.63) is 48.0 Å². The van der Waals surface area contributed by atoms with Gasteiger partial charge in [-0.2, -0.15) is 13.2 Å². The van der Waals surface area contributed by atoms with Crippen molar-refractivity contribution in [2.45, 2.75) is 42.8 Å². The number of rotatable bonds is 5. The fourth-order valence-corrected chi connectivity index (χ4v) is 4.90. The second kappa shape index (κ2) is 8.27. The van der Waals surface area contributed by atoms with E-state index in [2.05, 4.69) is 4.72 Å². The monoisotopic (exact) mass is 464 g/mol. The van der Waals surface area contributed by atoms with Crippen LogP contribution in [-0.4, -0.2) is 34.0 Å².